The van der Waals surface area contributed by atoms with Gasteiger partial charge in [-0.3, -0.25) is 9.97 Å². The van der Waals surface area contributed by atoms with Crippen molar-refractivity contribution in [2.45, 2.75) is 6.92 Å². The molecular weight excluding hydrogens is 294 g/mol. The zero-order chi connectivity index (χ0) is 16.5. The van der Waals surface area contributed by atoms with E-state index in [4.69, 9.17) is 0 Å². The van der Waals surface area contributed by atoms with E-state index in [1.165, 1.54) is 22.4 Å². The first kappa shape index (κ1) is 14.5. The first-order valence-corrected chi connectivity index (χ1v) is 7.99. The van der Waals surface area contributed by atoms with Gasteiger partial charge in [-0.05, 0) is 47.9 Å². The summed E-state index contributed by atoms with van der Waals surface area (Å²) in [7, 11) is 2.08. The molecule has 0 aliphatic carbocycles. The average Bonchev–Trinajstić information content (AvgIpc) is 2.62. The molecule has 3 nitrogen and oxygen atoms in total. The zero-order valence-corrected chi connectivity index (χ0v) is 13.8. The largest absolute Gasteiger partial charge is 0.253 e. The van der Waals surface area contributed by atoms with E-state index >= 15 is 0 Å². The van der Waals surface area contributed by atoms with E-state index in [0.29, 0.717) is 0 Å². The van der Waals surface area contributed by atoms with Gasteiger partial charge in [0, 0.05) is 30.1 Å². The maximum Gasteiger partial charge on any atom is 0.212 e. The van der Waals surface area contributed by atoms with Gasteiger partial charge < -0.3 is 0 Å². The van der Waals surface area contributed by atoms with E-state index in [1.54, 1.807) is 12.4 Å². The van der Waals surface area contributed by atoms with Crippen molar-refractivity contribution in [2.75, 3.05) is 0 Å². The molecule has 2 aromatic carbocycles. The van der Waals surface area contributed by atoms with Crippen LogP contribution in [0.15, 0.2) is 73.2 Å². The van der Waals surface area contributed by atoms with E-state index in [-0.39, 0.29) is 0 Å². The molecule has 0 bridgehead atoms. The quantitative estimate of drug-likeness (QED) is 0.522. The van der Waals surface area contributed by atoms with Crippen molar-refractivity contribution < 1.29 is 4.57 Å². The van der Waals surface area contributed by atoms with Crippen LogP contribution in [0.25, 0.3) is 33.4 Å². The Hall–Kier alpha value is -3.07. The van der Waals surface area contributed by atoms with Crippen molar-refractivity contribution in [2.24, 2.45) is 7.05 Å². The van der Waals surface area contributed by atoms with Crippen molar-refractivity contribution in [1.82, 2.24) is 9.97 Å². The smallest absolute Gasteiger partial charge is 0.212 e. The molecule has 116 valence electrons. The van der Waals surface area contributed by atoms with Crippen LogP contribution < -0.4 is 4.57 Å². The molecule has 0 unspecified atom stereocenters. The Morgan fingerprint density at radius 3 is 2.38 bits per heavy atom. The molecule has 0 atom stereocenters. The third kappa shape index (κ3) is 2.54. The number of rotatable bonds is 2. The summed E-state index contributed by atoms with van der Waals surface area (Å²) in [5.74, 6) is 0. The molecule has 0 radical (unpaired) electrons. The summed E-state index contributed by atoms with van der Waals surface area (Å²) < 4.78 is 2.15. The van der Waals surface area contributed by atoms with Gasteiger partial charge in [-0.15, -0.1) is 0 Å². The van der Waals surface area contributed by atoms with Crippen molar-refractivity contribution in [1.29, 1.82) is 0 Å². The van der Waals surface area contributed by atoms with Gasteiger partial charge in [-0.1, -0.05) is 18.2 Å². The molecule has 4 rings (SSSR count). The zero-order valence-electron chi connectivity index (χ0n) is 13.8. The average molecular weight is 312 g/mol. The van der Waals surface area contributed by atoms with E-state index in [2.05, 4.69) is 77.2 Å². The Kier molecular flexibility index (Phi) is 3.54. The number of hydrogen-bond acceptors (Lipinski definition) is 2. The maximum atomic E-state index is 4.41. The van der Waals surface area contributed by atoms with Crippen LogP contribution in [0.2, 0.25) is 0 Å². The lowest BCUT2D eigenvalue weighted by Crippen LogP contribution is -2.30. The summed E-state index contributed by atoms with van der Waals surface area (Å²) in [4.78, 5) is 8.75. The van der Waals surface area contributed by atoms with Gasteiger partial charge in [0.25, 0.3) is 0 Å². The Morgan fingerprint density at radius 2 is 1.54 bits per heavy atom. The fourth-order valence-electron chi connectivity index (χ4n) is 3.02. The summed E-state index contributed by atoms with van der Waals surface area (Å²) in [6.07, 6.45) is 5.53. The van der Waals surface area contributed by atoms with Crippen LogP contribution in [0.4, 0.5) is 0 Å². The number of hydrogen-bond donors (Lipinski definition) is 0. The Balaban J connectivity index is 1.87. The minimum absolute atomic E-state index is 0.919. The molecule has 0 aliphatic rings. The molecule has 0 saturated heterocycles. The van der Waals surface area contributed by atoms with Crippen molar-refractivity contribution in [3.63, 3.8) is 0 Å². The minimum Gasteiger partial charge on any atom is -0.253 e. The van der Waals surface area contributed by atoms with E-state index in [9.17, 15) is 0 Å². The highest BCUT2D eigenvalue weighted by Gasteiger charge is 2.13. The van der Waals surface area contributed by atoms with E-state index in [0.717, 1.165) is 16.6 Å². The fraction of sp³-hybridized carbons (Fsp3) is 0.0952. The molecule has 2 heterocycles. The topological polar surface area (TPSA) is 29.7 Å². The van der Waals surface area contributed by atoms with Gasteiger partial charge in [0.1, 0.15) is 7.05 Å². The molecule has 0 spiro atoms. The summed E-state index contributed by atoms with van der Waals surface area (Å²) in [5.41, 5.74) is 7.90. The Morgan fingerprint density at radius 1 is 0.792 bits per heavy atom. The molecule has 2 aromatic heterocycles. The van der Waals surface area contributed by atoms with Gasteiger partial charge in [0.2, 0.25) is 5.69 Å². The standard InChI is InChI=1S/C21H18N3/c1-15-6-7-16(13-18(15)21-5-3-4-12-24(21)2)17-8-9-19-20(14-17)23-11-10-22-19/h3-14H,1-2H3/q+1. The molecule has 0 amide bonds. The second-order valence-electron chi connectivity index (χ2n) is 5.99. The maximum absolute atomic E-state index is 4.41. The third-order valence-electron chi connectivity index (χ3n) is 4.37. The minimum atomic E-state index is 0.919. The van der Waals surface area contributed by atoms with Crippen LogP contribution in [0.5, 0.6) is 0 Å². The SMILES string of the molecule is Cc1ccc(-c2ccc3nccnc3c2)cc1-c1cccc[n+]1C. The Bertz CT molecular complexity index is 1040. The van der Waals surface area contributed by atoms with E-state index in [1.807, 2.05) is 12.1 Å². The first-order valence-electron chi connectivity index (χ1n) is 7.99. The lowest BCUT2D eigenvalue weighted by Gasteiger charge is -2.08. The number of fused-ring (bicyclic) bond motifs is 1. The molecule has 24 heavy (non-hydrogen) atoms. The third-order valence-corrected chi connectivity index (χ3v) is 4.37. The Labute approximate surface area is 141 Å². The fourth-order valence-corrected chi connectivity index (χ4v) is 3.02. The highest BCUT2D eigenvalue weighted by atomic mass is 14.9. The molecule has 4 aromatic rings. The summed E-state index contributed by atoms with van der Waals surface area (Å²) in [6, 6.07) is 19.1. The number of benzene rings is 2. The normalized spacial score (nSPS) is 10.9. The summed E-state index contributed by atoms with van der Waals surface area (Å²) in [6.45, 7) is 2.15. The second kappa shape index (κ2) is 5.85. The van der Waals surface area contributed by atoms with Gasteiger partial charge >= 0.3 is 0 Å². The molecule has 3 heteroatoms. The van der Waals surface area contributed by atoms with Gasteiger partial charge in [0.05, 0.1) is 11.0 Å². The molecule has 0 N–H and O–H groups in total. The van der Waals surface area contributed by atoms with E-state index < -0.39 is 0 Å². The van der Waals surface area contributed by atoms with Crippen LogP contribution in [0.1, 0.15) is 5.56 Å². The van der Waals surface area contributed by atoms with Crippen molar-refractivity contribution in [3.8, 4) is 22.4 Å². The highest BCUT2D eigenvalue weighted by Crippen LogP contribution is 2.28. The van der Waals surface area contributed by atoms with Crippen molar-refractivity contribution in [3.05, 3.63) is 78.8 Å². The number of aryl methyl sites for hydroxylation is 2. The van der Waals surface area contributed by atoms with Crippen LogP contribution in [-0.4, -0.2) is 9.97 Å². The highest BCUT2D eigenvalue weighted by molar-refractivity contribution is 5.82. The van der Waals surface area contributed by atoms with Crippen molar-refractivity contribution >= 4 is 11.0 Å². The second-order valence-corrected chi connectivity index (χ2v) is 5.99. The molecular formula is C21H18N3+. The predicted octanol–water partition coefficient (Wildman–Crippen LogP) is 4.10. The summed E-state index contributed by atoms with van der Waals surface area (Å²) in [5, 5.41) is 0. The predicted molar refractivity (Wildman–Crippen MR) is 96.3 cm³/mol. The van der Waals surface area contributed by atoms with Crippen LogP contribution in [0, 0.1) is 6.92 Å². The lowest BCUT2D eigenvalue weighted by atomic mass is 9.97. The lowest BCUT2D eigenvalue weighted by molar-refractivity contribution is -0.660. The molecule has 0 aliphatic heterocycles. The first-order chi connectivity index (χ1) is 11.7. The van der Waals surface area contributed by atoms with Crippen LogP contribution in [-0.2, 0) is 7.05 Å². The number of nitrogens with zero attached hydrogens (tertiary/aromatic N) is 3. The summed E-state index contributed by atoms with van der Waals surface area (Å²) >= 11 is 0. The molecule has 0 fully saturated rings. The molecule has 0 saturated carbocycles. The monoisotopic (exact) mass is 312 g/mol. The number of pyridine rings is 1. The van der Waals surface area contributed by atoms with Gasteiger partial charge in [0.15, 0.2) is 6.20 Å². The number of aromatic nitrogens is 3. The van der Waals surface area contributed by atoms with Crippen LogP contribution >= 0.6 is 0 Å². The van der Waals surface area contributed by atoms with Gasteiger partial charge in [-0.25, -0.2) is 4.57 Å². The van der Waals surface area contributed by atoms with Gasteiger partial charge in [-0.2, -0.15) is 0 Å². The van der Waals surface area contributed by atoms with Crippen LogP contribution in [0.3, 0.4) is 0 Å².